The monoisotopic (exact) mass is 382 g/mol. The molecule has 8 heteroatoms. The third-order valence-electron chi connectivity index (χ3n) is 3.59. The lowest BCUT2D eigenvalue weighted by molar-refractivity contribution is -0.116. The van der Waals surface area contributed by atoms with Gasteiger partial charge in [0.05, 0.1) is 0 Å². The van der Waals surface area contributed by atoms with E-state index in [4.69, 9.17) is 11.6 Å². The number of benzene rings is 1. The third-order valence-corrected chi connectivity index (χ3v) is 3.84. The van der Waals surface area contributed by atoms with Crippen LogP contribution in [0.4, 0.5) is 5.82 Å². The van der Waals surface area contributed by atoms with E-state index < -0.39 is 0 Å². The highest BCUT2D eigenvalue weighted by molar-refractivity contribution is 6.30. The lowest BCUT2D eigenvalue weighted by Gasteiger charge is -2.09. The van der Waals surface area contributed by atoms with Crippen LogP contribution in [0.1, 0.15) is 11.4 Å². The summed E-state index contributed by atoms with van der Waals surface area (Å²) in [7, 11) is 0. The molecule has 3 aromatic rings. The molecule has 0 radical (unpaired) electrons. The molecule has 0 saturated heterocycles. The highest BCUT2D eigenvalue weighted by Gasteiger charge is 2.04. The van der Waals surface area contributed by atoms with Crippen molar-refractivity contribution in [3.8, 4) is 5.82 Å². The summed E-state index contributed by atoms with van der Waals surface area (Å²) in [4.78, 5) is 20.6. The van der Waals surface area contributed by atoms with Crippen LogP contribution in [-0.4, -0.2) is 38.7 Å². The van der Waals surface area contributed by atoms with E-state index >= 15 is 0 Å². The molecule has 3 rings (SSSR count). The molecule has 138 valence electrons. The molecule has 0 spiro atoms. The maximum atomic E-state index is 11.9. The fourth-order valence-corrected chi connectivity index (χ4v) is 2.47. The molecule has 0 fully saturated rings. The Hall–Kier alpha value is -3.19. The predicted octanol–water partition coefficient (Wildman–Crippen LogP) is 2.87. The quantitative estimate of drug-likeness (QED) is 0.485. The van der Waals surface area contributed by atoms with Gasteiger partial charge in [0.25, 0.3) is 0 Å². The van der Waals surface area contributed by atoms with E-state index in [0.717, 1.165) is 5.56 Å². The molecule has 0 aliphatic heterocycles. The molecule has 2 N–H and O–H groups in total. The SMILES string of the molecule is Cc1nc(NCCNC(=O)/C=C/c2ccc(Cl)cc2)cc(-n2cccn2)n1. The van der Waals surface area contributed by atoms with Gasteiger partial charge >= 0.3 is 0 Å². The van der Waals surface area contributed by atoms with Crippen molar-refractivity contribution in [3.05, 3.63) is 71.3 Å². The normalized spacial score (nSPS) is 10.9. The first kappa shape index (κ1) is 18.6. The average molecular weight is 383 g/mol. The standard InChI is InChI=1S/C19H19ClN6O/c1-14-24-17(13-18(25-14)26-12-2-9-23-26)21-10-11-22-19(27)8-5-15-3-6-16(20)7-4-15/h2-9,12-13H,10-11H2,1H3,(H,22,27)(H,21,24,25)/b8-5+. The van der Waals surface area contributed by atoms with Gasteiger partial charge in [-0.3, -0.25) is 4.79 Å². The molecule has 1 aromatic carbocycles. The fraction of sp³-hybridized carbons (Fsp3) is 0.158. The number of aryl methyl sites for hydroxylation is 1. The Morgan fingerprint density at radius 3 is 2.78 bits per heavy atom. The second-order valence-electron chi connectivity index (χ2n) is 5.71. The Kier molecular flexibility index (Phi) is 6.17. The van der Waals surface area contributed by atoms with Crippen molar-refractivity contribution in [1.29, 1.82) is 0 Å². The molecule has 0 atom stereocenters. The lowest BCUT2D eigenvalue weighted by Crippen LogP contribution is -2.27. The van der Waals surface area contributed by atoms with Crippen molar-refractivity contribution < 1.29 is 4.79 Å². The molecule has 0 saturated carbocycles. The van der Waals surface area contributed by atoms with Crippen LogP contribution in [0.3, 0.4) is 0 Å². The van der Waals surface area contributed by atoms with Gasteiger partial charge in [-0.15, -0.1) is 0 Å². The molecule has 0 unspecified atom stereocenters. The summed E-state index contributed by atoms with van der Waals surface area (Å²) in [5.74, 6) is 1.84. The molecule has 0 bridgehead atoms. The number of nitrogens with one attached hydrogen (secondary N) is 2. The number of halogens is 1. The van der Waals surface area contributed by atoms with Gasteiger partial charge in [0.2, 0.25) is 5.91 Å². The first-order valence-electron chi connectivity index (χ1n) is 8.41. The van der Waals surface area contributed by atoms with E-state index in [0.29, 0.717) is 35.6 Å². The van der Waals surface area contributed by atoms with Crippen molar-refractivity contribution in [1.82, 2.24) is 25.1 Å². The number of nitrogens with zero attached hydrogens (tertiary/aromatic N) is 4. The number of hydrogen-bond acceptors (Lipinski definition) is 5. The zero-order valence-electron chi connectivity index (χ0n) is 14.8. The minimum atomic E-state index is -0.164. The zero-order valence-corrected chi connectivity index (χ0v) is 15.5. The maximum Gasteiger partial charge on any atom is 0.244 e. The Bertz CT molecular complexity index is 922. The van der Waals surface area contributed by atoms with Crippen LogP contribution in [0, 0.1) is 6.92 Å². The number of carbonyl (C=O) groups excluding carboxylic acids is 1. The van der Waals surface area contributed by atoms with Crippen LogP contribution in [-0.2, 0) is 4.79 Å². The first-order valence-corrected chi connectivity index (χ1v) is 8.79. The smallest absolute Gasteiger partial charge is 0.244 e. The average Bonchev–Trinajstić information content (AvgIpc) is 3.19. The Labute approximate surface area is 162 Å². The van der Waals surface area contributed by atoms with E-state index in [1.54, 1.807) is 29.1 Å². The summed E-state index contributed by atoms with van der Waals surface area (Å²) in [5, 5.41) is 10.8. The van der Waals surface area contributed by atoms with Crippen LogP contribution < -0.4 is 10.6 Å². The lowest BCUT2D eigenvalue weighted by atomic mass is 10.2. The number of amides is 1. The molecule has 27 heavy (non-hydrogen) atoms. The topological polar surface area (TPSA) is 84.7 Å². The van der Waals surface area contributed by atoms with Crippen LogP contribution in [0.5, 0.6) is 0 Å². The van der Waals surface area contributed by atoms with Gasteiger partial charge in [-0.05, 0) is 36.8 Å². The molecular formula is C19H19ClN6O. The van der Waals surface area contributed by atoms with Crippen LogP contribution in [0.25, 0.3) is 11.9 Å². The van der Waals surface area contributed by atoms with Crippen LogP contribution in [0.2, 0.25) is 5.02 Å². The van der Waals surface area contributed by atoms with E-state index in [1.807, 2.05) is 37.4 Å². The molecular weight excluding hydrogens is 364 g/mol. The van der Waals surface area contributed by atoms with Gasteiger partial charge in [0.15, 0.2) is 5.82 Å². The number of hydrogen-bond donors (Lipinski definition) is 2. The maximum absolute atomic E-state index is 11.9. The van der Waals surface area contributed by atoms with E-state index in [2.05, 4.69) is 25.7 Å². The van der Waals surface area contributed by atoms with E-state index in [9.17, 15) is 4.79 Å². The summed E-state index contributed by atoms with van der Waals surface area (Å²) in [6.45, 7) is 2.82. The summed E-state index contributed by atoms with van der Waals surface area (Å²) in [6.07, 6.45) is 6.74. The van der Waals surface area contributed by atoms with Crippen molar-refractivity contribution in [2.24, 2.45) is 0 Å². The Morgan fingerprint density at radius 2 is 2.04 bits per heavy atom. The molecule has 1 amide bonds. The molecule has 2 aromatic heterocycles. The highest BCUT2D eigenvalue weighted by atomic mass is 35.5. The van der Waals surface area contributed by atoms with Gasteiger partial charge in [-0.25, -0.2) is 14.6 Å². The number of rotatable bonds is 7. The highest BCUT2D eigenvalue weighted by Crippen LogP contribution is 2.11. The van der Waals surface area contributed by atoms with Crippen molar-refractivity contribution in [3.63, 3.8) is 0 Å². The predicted molar refractivity (Wildman–Crippen MR) is 106 cm³/mol. The largest absolute Gasteiger partial charge is 0.368 e. The molecule has 2 heterocycles. The van der Waals surface area contributed by atoms with Crippen LogP contribution in [0.15, 0.2) is 54.9 Å². The van der Waals surface area contributed by atoms with Gasteiger partial charge in [-0.2, -0.15) is 5.10 Å². The molecule has 0 aliphatic carbocycles. The number of aromatic nitrogens is 4. The summed E-state index contributed by atoms with van der Waals surface area (Å²) in [6, 6.07) is 10.9. The minimum Gasteiger partial charge on any atom is -0.368 e. The zero-order chi connectivity index (χ0) is 19.1. The van der Waals surface area contributed by atoms with E-state index in [-0.39, 0.29) is 5.91 Å². The van der Waals surface area contributed by atoms with E-state index in [1.165, 1.54) is 6.08 Å². The minimum absolute atomic E-state index is 0.164. The Morgan fingerprint density at radius 1 is 1.22 bits per heavy atom. The number of carbonyl (C=O) groups is 1. The first-order chi connectivity index (χ1) is 13.1. The van der Waals surface area contributed by atoms with Gasteiger partial charge in [0, 0.05) is 42.6 Å². The molecule has 0 aliphatic rings. The second-order valence-corrected chi connectivity index (χ2v) is 6.15. The van der Waals surface area contributed by atoms with Gasteiger partial charge in [0.1, 0.15) is 11.6 Å². The summed E-state index contributed by atoms with van der Waals surface area (Å²) >= 11 is 5.83. The van der Waals surface area contributed by atoms with Crippen LogP contribution >= 0.6 is 11.6 Å². The Balaban J connectivity index is 1.47. The van der Waals surface area contributed by atoms with Crippen molar-refractivity contribution in [2.45, 2.75) is 6.92 Å². The third kappa shape index (κ3) is 5.65. The second kappa shape index (κ2) is 8.95. The summed E-state index contributed by atoms with van der Waals surface area (Å²) < 4.78 is 1.67. The number of anilines is 1. The molecule has 7 nitrogen and oxygen atoms in total. The van der Waals surface area contributed by atoms with Gasteiger partial charge < -0.3 is 10.6 Å². The van der Waals surface area contributed by atoms with Crippen molar-refractivity contribution in [2.75, 3.05) is 18.4 Å². The van der Waals surface area contributed by atoms with Gasteiger partial charge in [-0.1, -0.05) is 23.7 Å². The fourth-order valence-electron chi connectivity index (χ4n) is 2.35. The summed E-state index contributed by atoms with van der Waals surface area (Å²) in [5.41, 5.74) is 0.912. The van der Waals surface area contributed by atoms with Crippen molar-refractivity contribution >= 4 is 29.4 Å².